The van der Waals surface area contributed by atoms with Crippen molar-refractivity contribution >= 4 is 39.2 Å². The molecule has 0 unspecified atom stereocenters. The first-order chi connectivity index (χ1) is 13.0. The van der Waals surface area contributed by atoms with Gasteiger partial charge in [0, 0.05) is 11.9 Å². The highest BCUT2D eigenvalue weighted by Gasteiger charge is 2.25. The van der Waals surface area contributed by atoms with Gasteiger partial charge in [-0.25, -0.2) is 4.98 Å². The summed E-state index contributed by atoms with van der Waals surface area (Å²) in [4.78, 5) is 42.2. The fourth-order valence-corrected chi connectivity index (χ4v) is 4.73. The lowest BCUT2D eigenvalue weighted by molar-refractivity contribution is -0.116. The van der Waals surface area contributed by atoms with Crippen LogP contribution < -0.4 is 16.6 Å². The summed E-state index contributed by atoms with van der Waals surface area (Å²) in [7, 11) is 1.69. The third kappa shape index (κ3) is 3.01. The standard InChI is InChI=1S/C17H18N6O3S/c1-22-15-10(6-20-22)17(26)23(8-19-15)7-12(24)21-16-13(14(18)25)9-4-2-3-5-11(9)27-16/h6,8H,2-5,7H2,1H3,(H2,18,25)(H,21,24). The zero-order valence-electron chi connectivity index (χ0n) is 14.7. The highest BCUT2D eigenvalue weighted by atomic mass is 32.1. The minimum absolute atomic E-state index is 0.211. The number of anilines is 1. The Balaban J connectivity index is 1.60. The van der Waals surface area contributed by atoms with E-state index in [0.29, 0.717) is 21.6 Å². The summed E-state index contributed by atoms with van der Waals surface area (Å²) < 4.78 is 2.72. The van der Waals surface area contributed by atoms with Crippen LogP contribution in [-0.2, 0) is 31.2 Å². The molecule has 27 heavy (non-hydrogen) atoms. The van der Waals surface area contributed by atoms with Gasteiger partial charge in [0.1, 0.15) is 23.3 Å². The van der Waals surface area contributed by atoms with E-state index in [1.165, 1.54) is 33.1 Å². The van der Waals surface area contributed by atoms with E-state index < -0.39 is 11.8 Å². The average molecular weight is 386 g/mol. The number of thiophene rings is 1. The predicted octanol–water partition coefficient (Wildman–Crippen LogP) is 0.808. The van der Waals surface area contributed by atoms with E-state index in [0.717, 1.165) is 36.1 Å². The lowest BCUT2D eigenvalue weighted by Gasteiger charge is -2.11. The fourth-order valence-electron chi connectivity index (χ4n) is 3.41. The molecule has 0 radical (unpaired) electrons. The summed E-state index contributed by atoms with van der Waals surface area (Å²) in [6.45, 7) is -0.211. The van der Waals surface area contributed by atoms with Crippen molar-refractivity contribution in [3.8, 4) is 0 Å². The molecule has 140 valence electrons. The molecular formula is C17H18N6O3S. The Bertz CT molecular complexity index is 1130. The highest BCUT2D eigenvalue weighted by molar-refractivity contribution is 7.17. The number of nitrogens with one attached hydrogen (secondary N) is 1. The van der Waals surface area contributed by atoms with Crippen LogP contribution >= 0.6 is 11.3 Å². The molecule has 0 aliphatic heterocycles. The Kier molecular flexibility index (Phi) is 4.27. The SMILES string of the molecule is Cn1ncc2c(=O)n(CC(=O)Nc3sc4c(c3C(N)=O)CCCC4)cnc21. The Hall–Kier alpha value is -3.01. The van der Waals surface area contributed by atoms with Gasteiger partial charge in [-0.3, -0.25) is 23.6 Å². The van der Waals surface area contributed by atoms with Crippen molar-refractivity contribution in [3.05, 3.63) is 38.9 Å². The Morgan fingerprint density at radius 2 is 2.11 bits per heavy atom. The van der Waals surface area contributed by atoms with Gasteiger partial charge < -0.3 is 11.1 Å². The van der Waals surface area contributed by atoms with Gasteiger partial charge in [-0.1, -0.05) is 0 Å². The van der Waals surface area contributed by atoms with Crippen LogP contribution in [-0.4, -0.2) is 31.1 Å². The zero-order valence-corrected chi connectivity index (χ0v) is 15.5. The summed E-state index contributed by atoms with van der Waals surface area (Å²) in [5.74, 6) is -0.955. The van der Waals surface area contributed by atoms with E-state index in [2.05, 4.69) is 15.4 Å². The summed E-state index contributed by atoms with van der Waals surface area (Å²) in [5, 5.41) is 7.56. The van der Waals surface area contributed by atoms with Gasteiger partial charge in [-0.2, -0.15) is 5.10 Å². The summed E-state index contributed by atoms with van der Waals surface area (Å²) in [5.41, 5.74) is 7.00. The number of nitrogens with two attached hydrogens (primary N) is 1. The van der Waals surface area contributed by atoms with Crippen molar-refractivity contribution in [1.29, 1.82) is 0 Å². The van der Waals surface area contributed by atoms with E-state index in [9.17, 15) is 14.4 Å². The van der Waals surface area contributed by atoms with Gasteiger partial charge in [0.15, 0.2) is 5.65 Å². The molecule has 0 atom stereocenters. The number of fused-ring (bicyclic) bond motifs is 2. The van der Waals surface area contributed by atoms with Gasteiger partial charge in [-0.15, -0.1) is 11.3 Å². The number of carbonyl (C=O) groups excluding carboxylic acids is 2. The summed E-state index contributed by atoms with van der Waals surface area (Å²) >= 11 is 1.39. The average Bonchev–Trinajstić information content (AvgIpc) is 3.18. The number of nitrogens with zero attached hydrogens (tertiary/aromatic N) is 4. The first-order valence-electron chi connectivity index (χ1n) is 8.57. The van der Waals surface area contributed by atoms with Crippen molar-refractivity contribution in [1.82, 2.24) is 19.3 Å². The van der Waals surface area contributed by atoms with Gasteiger partial charge in [-0.05, 0) is 31.2 Å². The molecule has 9 nitrogen and oxygen atoms in total. The molecule has 2 amide bonds. The van der Waals surface area contributed by atoms with Crippen LogP contribution in [0.3, 0.4) is 0 Å². The number of aryl methyl sites for hydroxylation is 2. The highest BCUT2D eigenvalue weighted by Crippen LogP contribution is 2.37. The molecule has 3 heterocycles. The molecule has 0 fully saturated rings. The second kappa shape index (κ2) is 6.62. The van der Waals surface area contributed by atoms with Crippen LogP contribution in [0.15, 0.2) is 17.3 Å². The number of carbonyl (C=O) groups is 2. The molecule has 3 aromatic rings. The number of hydrogen-bond donors (Lipinski definition) is 2. The first-order valence-corrected chi connectivity index (χ1v) is 9.38. The van der Waals surface area contributed by atoms with Crippen molar-refractivity contribution in [2.24, 2.45) is 12.8 Å². The maximum absolute atomic E-state index is 12.5. The maximum Gasteiger partial charge on any atom is 0.264 e. The number of amides is 2. The molecule has 3 N–H and O–H groups in total. The monoisotopic (exact) mass is 386 g/mol. The van der Waals surface area contributed by atoms with E-state index in [1.807, 2.05) is 0 Å². The first kappa shape index (κ1) is 17.4. The third-order valence-electron chi connectivity index (χ3n) is 4.70. The van der Waals surface area contributed by atoms with Gasteiger partial charge in [0.05, 0.1) is 11.8 Å². The largest absolute Gasteiger partial charge is 0.365 e. The number of hydrogen-bond acceptors (Lipinski definition) is 6. The predicted molar refractivity (Wildman–Crippen MR) is 101 cm³/mol. The van der Waals surface area contributed by atoms with Crippen molar-refractivity contribution in [2.75, 3.05) is 5.32 Å². The Morgan fingerprint density at radius 3 is 2.89 bits per heavy atom. The normalized spacial score (nSPS) is 13.5. The van der Waals surface area contributed by atoms with Crippen LogP contribution in [0.2, 0.25) is 0 Å². The topological polar surface area (TPSA) is 125 Å². The van der Waals surface area contributed by atoms with Gasteiger partial charge in [0.2, 0.25) is 5.91 Å². The summed E-state index contributed by atoms with van der Waals surface area (Å²) in [6.07, 6.45) is 6.49. The lowest BCUT2D eigenvalue weighted by Crippen LogP contribution is -2.28. The number of primary amides is 1. The van der Waals surface area contributed by atoms with Crippen LogP contribution in [0.1, 0.15) is 33.6 Å². The zero-order chi connectivity index (χ0) is 19.1. The van der Waals surface area contributed by atoms with Crippen molar-refractivity contribution < 1.29 is 9.59 Å². The Labute approximate surface area is 157 Å². The minimum atomic E-state index is -0.541. The van der Waals surface area contributed by atoms with Crippen LogP contribution in [0, 0.1) is 0 Å². The van der Waals surface area contributed by atoms with Crippen LogP contribution in [0.4, 0.5) is 5.00 Å². The molecule has 4 rings (SSSR count). The third-order valence-corrected chi connectivity index (χ3v) is 5.91. The second-order valence-electron chi connectivity index (χ2n) is 6.51. The quantitative estimate of drug-likeness (QED) is 0.686. The molecule has 0 bridgehead atoms. The molecule has 10 heteroatoms. The van der Waals surface area contributed by atoms with E-state index in [1.54, 1.807) is 7.05 Å². The van der Waals surface area contributed by atoms with Crippen LogP contribution in [0.5, 0.6) is 0 Å². The minimum Gasteiger partial charge on any atom is -0.365 e. The maximum atomic E-state index is 12.5. The van der Waals surface area contributed by atoms with Crippen LogP contribution in [0.25, 0.3) is 11.0 Å². The molecular weight excluding hydrogens is 368 g/mol. The number of aromatic nitrogens is 4. The van der Waals surface area contributed by atoms with E-state index >= 15 is 0 Å². The van der Waals surface area contributed by atoms with Gasteiger partial charge in [0.25, 0.3) is 11.5 Å². The van der Waals surface area contributed by atoms with E-state index in [-0.39, 0.29) is 12.1 Å². The smallest absolute Gasteiger partial charge is 0.264 e. The lowest BCUT2D eigenvalue weighted by atomic mass is 9.95. The van der Waals surface area contributed by atoms with Crippen molar-refractivity contribution in [3.63, 3.8) is 0 Å². The molecule has 0 spiro atoms. The molecule has 0 aromatic carbocycles. The second-order valence-corrected chi connectivity index (χ2v) is 7.62. The molecule has 0 saturated carbocycles. The molecule has 3 aromatic heterocycles. The van der Waals surface area contributed by atoms with Crippen molar-refractivity contribution in [2.45, 2.75) is 32.2 Å². The Morgan fingerprint density at radius 1 is 1.33 bits per heavy atom. The summed E-state index contributed by atoms with van der Waals surface area (Å²) in [6, 6.07) is 0. The van der Waals surface area contributed by atoms with E-state index in [4.69, 9.17) is 5.73 Å². The van der Waals surface area contributed by atoms with Gasteiger partial charge >= 0.3 is 0 Å². The molecule has 0 saturated heterocycles. The molecule has 1 aliphatic carbocycles. The fraction of sp³-hybridized carbons (Fsp3) is 0.353. The molecule has 1 aliphatic rings. The number of rotatable bonds is 4.